The number of hydrogen-bond donors (Lipinski definition) is 1. The second kappa shape index (κ2) is 4.77. The first kappa shape index (κ1) is 12.6. The smallest absolute Gasteiger partial charge is 0.336 e. The summed E-state index contributed by atoms with van der Waals surface area (Å²) in [5.74, 6) is -0.458. The van der Waals surface area contributed by atoms with Crippen molar-refractivity contribution in [2.45, 2.75) is 12.0 Å². The van der Waals surface area contributed by atoms with E-state index in [0.29, 0.717) is 30.9 Å². The van der Waals surface area contributed by atoms with Crippen LogP contribution in [-0.2, 0) is 15.0 Å². The molecule has 2 rings (SSSR count). The topological polar surface area (TPSA) is 65.9 Å². The first-order valence-corrected chi connectivity index (χ1v) is 5.57. The minimum atomic E-state index is -0.630. The van der Waals surface area contributed by atoms with Crippen molar-refractivity contribution in [2.75, 3.05) is 20.3 Å². The van der Waals surface area contributed by atoms with Crippen molar-refractivity contribution in [3.8, 4) is 0 Å². The van der Waals surface area contributed by atoms with Gasteiger partial charge in [0.05, 0.1) is 25.8 Å². The molecule has 0 saturated carbocycles. The maximum absolute atomic E-state index is 11.4. The van der Waals surface area contributed by atoms with E-state index in [4.69, 9.17) is 17.0 Å². The van der Waals surface area contributed by atoms with Gasteiger partial charge in [0.15, 0.2) is 5.69 Å². The summed E-state index contributed by atoms with van der Waals surface area (Å²) in [4.78, 5) is 14.9. The normalized spacial score (nSPS) is 22.5. The molecule has 0 spiro atoms. The lowest BCUT2D eigenvalue weighted by Crippen LogP contribution is -2.37. The molecule has 1 aliphatic rings. The van der Waals surface area contributed by atoms with Crippen molar-refractivity contribution < 1.29 is 14.3 Å². The quantitative estimate of drug-likeness (QED) is 0.635. The maximum atomic E-state index is 11.4. The van der Waals surface area contributed by atoms with Crippen molar-refractivity contribution in [2.24, 2.45) is 5.73 Å². The van der Waals surface area contributed by atoms with Gasteiger partial charge in [-0.3, -0.25) is 0 Å². The van der Waals surface area contributed by atoms with E-state index in [0.717, 1.165) is 5.56 Å². The van der Waals surface area contributed by atoms with Gasteiger partial charge < -0.3 is 15.2 Å². The zero-order valence-corrected chi connectivity index (χ0v) is 10.1. The summed E-state index contributed by atoms with van der Waals surface area (Å²) in [6.07, 6.45) is 0.674. The molecule has 0 aliphatic carbocycles. The van der Waals surface area contributed by atoms with Crippen molar-refractivity contribution >= 4 is 11.7 Å². The molecule has 0 amide bonds. The number of nitrogens with two attached hydrogens (primary N) is 1. The number of rotatable bonds is 2. The first-order valence-electron chi connectivity index (χ1n) is 5.57. The van der Waals surface area contributed by atoms with Gasteiger partial charge in [-0.25, -0.2) is 9.64 Å². The molecular weight excluding hydrogens is 232 g/mol. The van der Waals surface area contributed by atoms with E-state index in [1.54, 1.807) is 12.1 Å². The highest BCUT2D eigenvalue weighted by molar-refractivity contribution is 5.91. The molecule has 1 aromatic carbocycles. The van der Waals surface area contributed by atoms with Crippen molar-refractivity contribution in [1.82, 2.24) is 0 Å². The van der Waals surface area contributed by atoms with E-state index in [-0.39, 0.29) is 0 Å². The second-order valence-electron chi connectivity index (χ2n) is 4.29. The van der Waals surface area contributed by atoms with Crippen LogP contribution in [0.1, 0.15) is 22.3 Å². The summed E-state index contributed by atoms with van der Waals surface area (Å²) in [7, 11) is 1.31. The largest absolute Gasteiger partial charge is 0.465 e. The third-order valence-corrected chi connectivity index (χ3v) is 3.13. The van der Waals surface area contributed by atoms with Gasteiger partial charge in [-0.15, -0.1) is 0 Å². The Morgan fingerprint density at radius 1 is 1.61 bits per heavy atom. The van der Waals surface area contributed by atoms with Crippen LogP contribution < -0.4 is 5.73 Å². The van der Waals surface area contributed by atoms with Crippen molar-refractivity contribution in [3.63, 3.8) is 0 Å². The summed E-state index contributed by atoms with van der Waals surface area (Å²) in [5, 5.41) is 0. The number of carbonyl (C=O) groups excluding carboxylic acids is 1. The highest BCUT2D eigenvalue weighted by Gasteiger charge is 2.34. The van der Waals surface area contributed by atoms with E-state index in [1.165, 1.54) is 13.2 Å². The molecule has 1 unspecified atom stereocenters. The zero-order chi connectivity index (χ0) is 13.2. The molecule has 94 valence electrons. The SMILES string of the molecule is [C-]#[N+]c1cc(C(=O)OC)ccc1C1(N)CCOC1. The molecule has 1 heterocycles. The monoisotopic (exact) mass is 246 g/mol. The fraction of sp³-hybridized carbons (Fsp3) is 0.385. The summed E-state index contributed by atoms with van der Waals surface area (Å²) in [5.41, 5.74) is 7.06. The highest BCUT2D eigenvalue weighted by Crippen LogP contribution is 2.35. The minimum Gasteiger partial charge on any atom is -0.465 e. The Morgan fingerprint density at radius 3 is 2.94 bits per heavy atom. The predicted molar refractivity (Wildman–Crippen MR) is 65.3 cm³/mol. The maximum Gasteiger partial charge on any atom is 0.336 e. The molecule has 1 fully saturated rings. The average Bonchev–Trinajstić information content (AvgIpc) is 2.85. The Kier molecular flexibility index (Phi) is 3.32. The lowest BCUT2D eigenvalue weighted by atomic mass is 9.88. The predicted octanol–water partition coefficient (Wildman–Crippen LogP) is 1.60. The zero-order valence-electron chi connectivity index (χ0n) is 10.1. The molecule has 1 atom stereocenters. The second-order valence-corrected chi connectivity index (χ2v) is 4.29. The van der Waals surface area contributed by atoms with E-state index < -0.39 is 11.5 Å². The van der Waals surface area contributed by atoms with Crippen molar-refractivity contribution in [1.29, 1.82) is 0 Å². The summed E-state index contributed by atoms with van der Waals surface area (Å²) >= 11 is 0. The minimum absolute atomic E-state index is 0.356. The first-order chi connectivity index (χ1) is 8.60. The van der Waals surface area contributed by atoms with Crippen LogP contribution >= 0.6 is 0 Å². The number of benzene rings is 1. The summed E-state index contributed by atoms with van der Waals surface area (Å²) in [6.45, 7) is 8.19. The van der Waals surface area contributed by atoms with Crippen LogP contribution in [-0.4, -0.2) is 26.3 Å². The van der Waals surface area contributed by atoms with Crippen molar-refractivity contribution in [3.05, 3.63) is 40.7 Å². The fourth-order valence-corrected chi connectivity index (χ4v) is 2.08. The van der Waals surface area contributed by atoms with Crippen LogP contribution in [0, 0.1) is 6.57 Å². The van der Waals surface area contributed by atoms with E-state index in [1.807, 2.05) is 0 Å². The van der Waals surface area contributed by atoms with E-state index >= 15 is 0 Å². The van der Waals surface area contributed by atoms with Crippen LogP contribution in [0.4, 0.5) is 5.69 Å². The van der Waals surface area contributed by atoms with Gasteiger partial charge in [-0.05, 0) is 24.1 Å². The molecule has 5 nitrogen and oxygen atoms in total. The summed E-state index contributed by atoms with van der Waals surface area (Å²) < 4.78 is 9.92. The Morgan fingerprint density at radius 2 is 2.39 bits per heavy atom. The number of esters is 1. The molecule has 5 heteroatoms. The molecule has 18 heavy (non-hydrogen) atoms. The van der Waals surface area contributed by atoms with Crippen LogP contribution in [0.15, 0.2) is 18.2 Å². The number of methoxy groups -OCH3 is 1. The number of ether oxygens (including phenoxy) is 2. The Labute approximate surface area is 105 Å². The highest BCUT2D eigenvalue weighted by atomic mass is 16.5. The molecule has 2 N–H and O–H groups in total. The molecule has 0 bridgehead atoms. The molecule has 1 saturated heterocycles. The molecule has 0 radical (unpaired) electrons. The van der Waals surface area contributed by atoms with E-state index in [9.17, 15) is 4.79 Å². The molecular formula is C13H14N2O3. The van der Waals surface area contributed by atoms with Gasteiger partial charge in [0.25, 0.3) is 0 Å². The summed E-state index contributed by atoms with van der Waals surface area (Å²) in [6, 6.07) is 4.86. The third-order valence-electron chi connectivity index (χ3n) is 3.13. The molecule has 1 aliphatic heterocycles. The van der Waals surface area contributed by atoms with Gasteiger partial charge in [-0.2, -0.15) is 0 Å². The lowest BCUT2D eigenvalue weighted by molar-refractivity contribution is 0.0600. The van der Waals surface area contributed by atoms with Gasteiger partial charge in [-0.1, -0.05) is 6.07 Å². The Bertz CT molecular complexity index is 513. The van der Waals surface area contributed by atoms with Gasteiger partial charge in [0.2, 0.25) is 0 Å². The standard InChI is InChI=1S/C13H14N2O3/c1-15-11-7-9(12(16)17-2)3-4-10(11)13(14)5-6-18-8-13/h3-4,7H,5-6,8,14H2,2H3. The number of hydrogen-bond acceptors (Lipinski definition) is 4. The Hall–Kier alpha value is -1.90. The van der Waals surface area contributed by atoms with Crippen LogP contribution in [0.5, 0.6) is 0 Å². The van der Waals surface area contributed by atoms with Gasteiger partial charge in [0.1, 0.15) is 0 Å². The molecule has 1 aromatic rings. The number of carbonyl (C=O) groups is 1. The third kappa shape index (κ3) is 2.08. The fourth-order valence-electron chi connectivity index (χ4n) is 2.08. The number of nitrogens with zero attached hydrogens (tertiary/aromatic N) is 1. The van der Waals surface area contributed by atoms with Crippen LogP contribution in [0.25, 0.3) is 4.85 Å². The Balaban J connectivity index is 2.44. The average molecular weight is 246 g/mol. The van der Waals surface area contributed by atoms with Gasteiger partial charge >= 0.3 is 5.97 Å². The van der Waals surface area contributed by atoms with Crippen LogP contribution in [0.2, 0.25) is 0 Å². The van der Waals surface area contributed by atoms with Gasteiger partial charge in [0, 0.05) is 12.2 Å². The van der Waals surface area contributed by atoms with E-state index in [2.05, 4.69) is 9.58 Å². The molecule has 0 aromatic heterocycles. The van der Waals surface area contributed by atoms with Crippen LogP contribution in [0.3, 0.4) is 0 Å². The lowest BCUT2D eigenvalue weighted by Gasteiger charge is -2.24.